The number of nitrogens with zero attached hydrogens (tertiary/aromatic N) is 1. The molecule has 0 aliphatic carbocycles. The summed E-state index contributed by atoms with van der Waals surface area (Å²) in [6, 6.07) is 2.58. The van der Waals surface area contributed by atoms with E-state index in [-0.39, 0.29) is 23.5 Å². The largest absolute Gasteiger partial charge is 0.478 e. The lowest BCUT2D eigenvalue weighted by Crippen LogP contribution is -2.27. The molecule has 110 valence electrons. The van der Waals surface area contributed by atoms with Crippen molar-refractivity contribution in [3.63, 3.8) is 0 Å². The molecule has 0 spiro atoms. The second-order valence-corrected chi connectivity index (χ2v) is 4.61. The number of aromatic carboxylic acids is 1. The third kappa shape index (κ3) is 2.41. The molecule has 0 aromatic heterocycles. The summed E-state index contributed by atoms with van der Waals surface area (Å²) >= 11 is 0. The number of hydrogen-bond donors (Lipinski definition) is 2. The topological polar surface area (TPSA) is 85.0 Å². The van der Waals surface area contributed by atoms with E-state index >= 15 is 0 Å². The highest BCUT2D eigenvalue weighted by molar-refractivity contribution is 6.00. The van der Waals surface area contributed by atoms with Gasteiger partial charge in [0.2, 0.25) is 0 Å². The zero-order valence-electron chi connectivity index (χ0n) is 11.3. The minimum absolute atomic E-state index is 0.173. The van der Waals surface area contributed by atoms with Crippen LogP contribution in [0, 0.1) is 5.82 Å². The minimum Gasteiger partial charge on any atom is -0.478 e. The Morgan fingerprint density at radius 3 is 2.35 bits per heavy atom. The lowest BCUT2D eigenvalue weighted by Gasteiger charge is -2.21. The molecule has 7 heteroatoms. The summed E-state index contributed by atoms with van der Waals surface area (Å²) in [4.78, 5) is 13.1. The predicted octanol–water partition coefficient (Wildman–Crippen LogP) is 0.956. The molecule has 1 saturated heterocycles. The molecule has 0 saturated carbocycles. The van der Waals surface area contributed by atoms with Crippen LogP contribution in [0.25, 0.3) is 0 Å². The van der Waals surface area contributed by atoms with Gasteiger partial charge in [-0.2, -0.15) is 0 Å². The number of carbonyl (C=O) groups is 1. The van der Waals surface area contributed by atoms with Gasteiger partial charge in [-0.1, -0.05) is 0 Å². The van der Waals surface area contributed by atoms with Crippen molar-refractivity contribution in [3.8, 4) is 0 Å². The van der Waals surface area contributed by atoms with Crippen LogP contribution in [-0.2, 0) is 9.47 Å². The number of methoxy groups -OCH3 is 2. The SMILES string of the molecule is COC1CN(c2ccc(F)c(N)c2C(=O)O)CC1OC. The Balaban J connectivity index is 2.39. The van der Waals surface area contributed by atoms with Crippen molar-refractivity contribution in [3.05, 3.63) is 23.5 Å². The Morgan fingerprint density at radius 1 is 1.35 bits per heavy atom. The van der Waals surface area contributed by atoms with Crippen LogP contribution < -0.4 is 10.6 Å². The van der Waals surface area contributed by atoms with Crippen molar-refractivity contribution in [1.29, 1.82) is 0 Å². The Bertz CT molecular complexity index is 511. The second-order valence-electron chi connectivity index (χ2n) is 4.61. The van der Waals surface area contributed by atoms with Crippen LogP contribution in [0.1, 0.15) is 10.4 Å². The molecule has 1 fully saturated rings. The number of rotatable bonds is 4. The van der Waals surface area contributed by atoms with Gasteiger partial charge >= 0.3 is 5.97 Å². The number of nitrogen functional groups attached to an aromatic ring is 1. The molecule has 1 aliphatic rings. The molecule has 1 heterocycles. The molecule has 0 bridgehead atoms. The van der Waals surface area contributed by atoms with Gasteiger partial charge in [-0.25, -0.2) is 9.18 Å². The monoisotopic (exact) mass is 284 g/mol. The number of carboxylic acids is 1. The number of hydrogen-bond acceptors (Lipinski definition) is 5. The zero-order valence-corrected chi connectivity index (χ0v) is 11.3. The van der Waals surface area contributed by atoms with Crippen LogP contribution in [0.3, 0.4) is 0 Å². The summed E-state index contributed by atoms with van der Waals surface area (Å²) < 4.78 is 24.0. The first-order valence-electron chi connectivity index (χ1n) is 6.11. The summed E-state index contributed by atoms with van der Waals surface area (Å²) in [7, 11) is 3.13. The van der Waals surface area contributed by atoms with Crippen molar-refractivity contribution < 1.29 is 23.8 Å². The fraction of sp³-hybridized carbons (Fsp3) is 0.462. The quantitative estimate of drug-likeness (QED) is 0.801. The van der Waals surface area contributed by atoms with E-state index in [9.17, 15) is 14.3 Å². The van der Waals surface area contributed by atoms with Gasteiger partial charge in [0.05, 0.1) is 11.4 Å². The molecule has 1 aromatic carbocycles. The third-order valence-electron chi connectivity index (χ3n) is 3.55. The average Bonchev–Trinajstić information content (AvgIpc) is 2.84. The first-order valence-corrected chi connectivity index (χ1v) is 6.11. The molecule has 2 unspecified atom stereocenters. The molecular weight excluding hydrogens is 267 g/mol. The molecule has 6 nitrogen and oxygen atoms in total. The first-order chi connectivity index (χ1) is 9.49. The van der Waals surface area contributed by atoms with Gasteiger partial charge in [-0.05, 0) is 12.1 Å². The highest BCUT2D eigenvalue weighted by Gasteiger charge is 2.35. The average molecular weight is 284 g/mol. The van der Waals surface area contributed by atoms with E-state index < -0.39 is 11.8 Å². The highest BCUT2D eigenvalue weighted by atomic mass is 19.1. The van der Waals surface area contributed by atoms with Gasteiger partial charge in [-0.15, -0.1) is 0 Å². The van der Waals surface area contributed by atoms with Crippen molar-refractivity contribution in [2.75, 3.05) is 37.9 Å². The normalized spacial score (nSPS) is 22.2. The Labute approximate surface area is 115 Å². The van der Waals surface area contributed by atoms with E-state index in [0.29, 0.717) is 18.8 Å². The molecule has 3 N–H and O–H groups in total. The number of benzene rings is 1. The Hall–Kier alpha value is -1.86. The summed E-state index contributed by atoms with van der Waals surface area (Å²) in [5.74, 6) is -2.00. The van der Waals surface area contributed by atoms with Crippen LogP contribution in [0.15, 0.2) is 12.1 Å². The molecular formula is C13H17FN2O4. The van der Waals surface area contributed by atoms with Crippen LogP contribution in [0.4, 0.5) is 15.8 Å². The number of nitrogens with two attached hydrogens (primary N) is 1. The lowest BCUT2D eigenvalue weighted by molar-refractivity contribution is -0.00461. The van der Waals surface area contributed by atoms with Crippen molar-refractivity contribution in [2.24, 2.45) is 0 Å². The maximum absolute atomic E-state index is 13.4. The number of ether oxygens (including phenoxy) is 2. The van der Waals surface area contributed by atoms with E-state index in [0.717, 1.165) is 0 Å². The highest BCUT2D eigenvalue weighted by Crippen LogP contribution is 2.31. The molecule has 2 rings (SSSR count). The molecule has 0 amide bonds. The van der Waals surface area contributed by atoms with Crippen molar-refractivity contribution in [1.82, 2.24) is 0 Å². The van der Waals surface area contributed by atoms with E-state index in [1.807, 2.05) is 0 Å². The van der Waals surface area contributed by atoms with Crippen LogP contribution in [0.5, 0.6) is 0 Å². The third-order valence-corrected chi connectivity index (χ3v) is 3.55. The molecule has 20 heavy (non-hydrogen) atoms. The van der Waals surface area contributed by atoms with Gasteiger partial charge in [0, 0.05) is 27.3 Å². The lowest BCUT2D eigenvalue weighted by atomic mass is 10.1. The van der Waals surface area contributed by atoms with Gasteiger partial charge < -0.3 is 25.2 Å². The van der Waals surface area contributed by atoms with E-state index in [1.165, 1.54) is 12.1 Å². The molecule has 0 radical (unpaired) electrons. The first kappa shape index (κ1) is 14.5. The molecule has 1 aromatic rings. The maximum Gasteiger partial charge on any atom is 0.340 e. The Kier molecular flexibility index (Phi) is 4.10. The summed E-state index contributed by atoms with van der Waals surface area (Å²) in [5.41, 5.74) is 5.33. The van der Waals surface area contributed by atoms with Gasteiger partial charge in [0.1, 0.15) is 23.6 Å². The van der Waals surface area contributed by atoms with Gasteiger partial charge in [-0.3, -0.25) is 0 Å². The maximum atomic E-state index is 13.4. The smallest absolute Gasteiger partial charge is 0.340 e. The standard InChI is InChI=1S/C13H17FN2O4/c1-19-9-5-16(6-10(9)20-2)8-4-3-7(14)12(15)11(8)13(17)18/h3-4,9-10H,5-6,15H2,1-2H3,(H,17,18). The summed E-state index contributed by atoms with van der Waals surface area (Å²) in [6.45, 7) is 0.917. The summed E-state index contributed by atoms with van der Waals surface area (Å²) in [6.07, 6.45) is -0.346. The number of anilines is 2. The number of carboxylic acid groups (broad SMARTS) is 1. The fourth-order valence-corrected chi connectivity index (χ4v) is 2.46. The van der Waals surface area contributed by atoms with Crippen molar-refractivity contribution >= 4 is 17.3 Å². The van der Waals surface area contributed by atoms with E-state index in [2.05, 4.69) is 0 Å². The van der Waals surface area contributed by atoms with E-state index in [1.54, 1.807) is 19.1 Å². The zero-order chi connectivity index (χ0) is 14.9. The van der Waals surface area contributed by atoms with Crippen molar-refractivity contribution in [2.45, 2.75) is 12.2 Å². The van der Waals surface area contributed by atoms with Crippen LogP contribution >= 0.6 is 0 Å². The minimum atomic E-state index is -1.26. The predicted molar refractivity (Wildman–Crippen MR) is 71.6 cm³/mol. The van der Waals surface area contributed by atoms with Crippen LogP contribution in [0.2, 0.25) is 0 Å². The van der Waals surface area contributed by atoms with Gasteiger partial charge in [0.15, 0.2) is 0 Å². The summed E-state index contributed by atoms with van der Waals surface area (Å²) in [5, 5.41) is 9.24. The van der Waals surface area contributed by atoms with Gasteiger partial charge in [0.25, 0.3) is 0 Å². The molecule has 2 atom stereocenters. The number of halogens is 1. The molecule has 1 aliphatic heterocycles. The Morgan fingerprint density at radius 2 is 1.90 bits per heavy atom. The second kappa shape index (κ2) is 5.64. The fourth-order valence-electron chi connectivity index (χ4n) is 2.46. The van der Waals surface area contributed by atoms with E-state index in [4.69, 9.17) is 15.2 Å². The van der Waals surface area contributed by atoms with Crippen LogP contribution in [-0.4, -0.2) is 50.6 Å².